The van der Waals surface area contributed by atoms with Gasteiger partial charge in [-0.2, -0.15) is 4.31 Å². The van der Waals surface area contributed by atoms with Gasteiger partial charge in [0, 0.05) is 44.0 Å². The number of aliphatic hydroxyl groups excluding tert-OH is 2. The maximum Gasteiger partial charge on any atom is 0.481 e. The van der Waals surface area contributed by atoms with Gasteiger partial charge in [0.2, 0.25) is 28.7 Å². The number of nitrogens with two attached hydrogens (primary N) is 1. The van der Waals surface area contributed by atoms with Gasteiger partial charge in [0.25, 0.3) is 0 Å². The number of aromatic nitrogens is 4. The number of carbonyl (C=O) groups is 5. The van der Waals surface area contributed by atoms with Gasteiger partial charge in [-0.25, -0.2) is 28.6 Å². The van der Waals surface area contributed by atoms with Crippen LogP contribution in [-0.2, 0) is 66.7 Å². The summed E-state index contributed by atoms with van der Waals surface area (Å²) in [6.45, 7) is 0.935. The van der Waals surface area contributed by atoms with Crippen LogP contribution in [0.15, 0.2) is 24.8 Å². The SMILES string of the molecule is CC(=O)NC(Cc1cc(I)c(O)c(I)c1)C(=O)NCC(=O)SCCNC(=O)CCNC(=O)C(O)C(C)(C)COP(=O)(O)OP(=O)(O)OCC1OC(n2cnc3c(N)ncnc32)C(O)C1OP(=O)(O)O. The van der Waals surface area contributed by atoms with E-state index in [4.69, 9.17) is 19.5 Å². The zero-order chi connectivity index (χ0) is 51.6. The zero-order valence-corrected chi connectivity index (χ0v) is 44.1. The first-order chi connectivity index (χ1) is 32.0. The van der Waals surface area contributed by atoms with Crippen molar-refractivity contribution in [3.05, 3.63) is 37.5 Å². The number of phenols is 1. The van der Waals surface area contributed by atoms with Crippen LogP contribution in [0.5, 0.6) is 5.75 Å². The number of fused-ring (bicyclic) bond motifs is 1. The first-order valence-electron chi connectivity index (χ1n) is 19.8. The van der Waals surface area contributed by atoms with Crippen molar-refractivity contribution in [1.29, 1.82) is 0 Å². The van der Waals surface area contributed by atoms with Crippen LogP contribution in [0.2, 0.25) is 0 Å². The summed E-state index contributed by atoms with van der Waals surface area (Å²) < 4.78 is 63.4. The molecule has 4 rings (SSSR count). The number of thioether (sulfide) groups is 1. The van der Waals surface area contributed by atoms with Crippen LogP contribution >= 0.6 is 80.4 Å². The molecule has 1 fully saturated rings. The molecule has 13 N–H and O–H groups in total. The molecule has 1 aromatic carbocycles. The van der Waals surface area contributed by atoms with Gasteiger partial charge in [-0.15, -0.1) is 0 Å². The molecule has 1 aliphatic rings. The number of hydrogen-bond acceptors (Lipinski definition) is 21. The number of nitrogens with zero attached hydrogens (tertiary/aromatic N) is 4. The molecule has 0 radical (unpaired) electrons. The van der Waals surface area contributed by atoms with Crippen molar-refractivity contribution in [2.45, 2.75) is 70.3 Å². The monoisotopic (exact) mass is 1280 g/mol. The lowest BCUT2D eigenvalue weighted by atomic mass is 9.87. The second kappa shape index (κ2) is 25.1. The molecule has 4 amide bonds. The van der Waals surface area contributed by atoms with E-state index >= 15 is 0 Å². The van der Waals surface area contributed by atoms with Crippen molar-refractivity contribution in [3.8, 4) is 5.75 Å². The van der Waals surface area contributed by atoms with E-state index in [-0.39, 0.29) is 61.0 Å². The second-order valence-corrected chi connectivity index (χ2v) is 23.1. The number of anilines is 1. The Kier molecular flexibility index (Phi) is 21.3. The molecule has 0 saturated carbocycles. The van der Waals surface area contributed by atoms with Crippen molar-refractivity contribution < 1.29 is 95.2 Å². The molecule has 3 heterocycles. The number of phosphoric acid groups is 3. The molecule has 3 aromatic rings. The molecule has 8 atom stereocenters. The Bertz CT molecular complexity index is 2500. The number of nitrogen functional groups attached to an aromatic ring is 1. The summed E-state index contributed by atoms with van der Waals surface area (Å²) in [5.41, 5.74) is 4.84. The van der Waals surface area contributed by atoms with Crippen LogP contribution in [0.4, 0.5) is 5.82 Å². The molecule has 29 nitrogen and oxygen atoms in total. The van der Waals surface area contributed by atoms with Crippen LogP contribution in [0, 0.1) is 12.6 Å². The quantitative estimate of drug-likeness (QED) is 0.0287. The molecule has 69 heavy (non-hydrogen) atoms. The number of aromatic hydroxyl groups is 1. The number of amides is 4. The Morgan fingerprint density at radius 3 is 2.26 bits per heavy atom. The van der Waals surface area contributed by atoms with E-state index in [2.05, 4.69) is 45.1 Å². The minimum absolute atomic E-state index is 0.0122. The lowest BCUT2D eigenvalue weighted by Gasteiger charge is -2.30. The van der Waals surface area contributed by atoms with Crippen LogP contribution in [-0.4, -0.2) is 152 Å². The summed E-state index contributed by atoms with van der Waals surface area (Å²) >= 11 is 4.69. The smallest absolute Gasteiger partial charge is 0.481 e. The largest absolute Gasteiger partial charge is 0.506 e. The summed E-state index contributed by atoms with van der Waals surface area (Å²) in [4.78, 5) is 113. The predicted molar refractivity (Wildman–Crippen MR) is 255 cm³/mol. The number of phenolic OH excluding ortho intramolecular Hbond substituents is 1. The average molecular weight is 1280 g/mol. The Morgan fingerprint density at radius 2 is 1.62 bits per heavy atom. The number of rotatable bonds is 25. The van der Waals surface area contributed by atoms with Gasteiger partial charge in [0.15, 0.2) is 17.7 Å². The molecule has 2 aromatic heterocycles. The lowest BCUT2D eigenvalue weighted by molar-refractivity contribution is -0.137. The van der Waals surface area contributed by atoms with Crippen molar-refractivity contribution in [2.24, 2.45) is 5.41 Å². The van der Waals surface area contributed by atoms with Crippen LogP contribution in [0.3, 0.4) is 0 Å². The van der Waals surface area contributed by atoms with Crippen LogP contribution in [0.1, 0.15) is 39.0 Å². The number of benzene rings is 1. The Hall–Kier alpha value is -3.02. The summed E-state index contributed by atoms with van der Waals surface area (Å²) in [5.74, 6) is -2.52. The van der Waals surface area contributed by atoms with Gasteiger partial charge in [-0.05, 0) is 62.9 Å². The number of ether oxygens (including phenoxy) is 1. The van der Waals surface area contributed by atoms with Crippen molar-refractivity contribution in [3.63, 3.8) is 0 Å². The molecule has 384 valence electrons. The fourth-order valence-corrected chi connectivity index (χ4v) is 11.4. The van der Waals surface area contributed by atoms with Crippen LogP contribution < -0.4 is 27.0 Å². The molecular formula is C34H48I2N9O20P3S. The van der Waals surface area contributed by atoms with E-state index in [1.807, 2.05) is 45.2 Å². The van der Waals surface area contributed by atoms with E-state index in [1.54, 1.807) is 12.1 Å². The fraction of sp³-hybridized carbons (Fsp3) is 0.529. The predicted octanol–water partition coefficient (Wildman–Crippen LogP) is -0.557. The van der Waals surface area contributed by atoms with E-state index in [0.29, 0.717) is 12.7 Å². The first-order valence-corrected chi connectivity index (χ1v) is 27.4. The molecule has 35 heteroatoms. The molecule has 8 unspecified atom stereocenters. The Morgan fingerprint density at radius 1 is 0.971 bits per heavy atom. The van der Waals surface area contributed by atoms with E-state index in [9.17, 15) is 72.6 Å². The third-order valence-corrected chi connectivity index (χ3v) is 15.0. The normalized spacial score (nSPS) is 20.0. The van der Waals surface area contributed by atoms with Crippen molar-refractivity contribution in [2.75, 3.05) is 44.3 Å². The van der Waals surface area contributed by atoms with E-state index in [0.717, 1.165) is 29.0 Å². The maximum absolute atomic E-state index is 12.8. The fourth-order valence-electron chi connectivity index (χ4n) is 6.05. The van der Waals surface area contributed by atoms with Crippen LogP contribution in [0.25, 0.3) is 11.2 Å². The minimum atomic E-state index is -5.62. The first kappa shape index (κ1) is 58.5. The lowest BCUT2D eigenvalue weighted by Crippen LogP contribution is -2.48. The molecule has 0 spiro atoms. The van der Waals surface area contributed by atoms with Gasteiger partial charge >= 0.3 is 23.5 Å². The van der Waals surface area contributed by atoms with Gasteiger partial charge in [0.1, 0.15) is 48.1 Å². The minimum Gasteiger partial charge on any atom is -0.506 e. The summed E-state index contributed by atoms with van der Waals surface area (Å²) in [6, 6.07) is 2.33. The van der Waals surface area contributed by atoms with Gasteiger partial charge < -0.3 is 66.6 Å². The number of carbonyl (C=O) groups excluding carboxylic acids is 5. The molecule has 0 bridgehead atoms. The number of aliphatic hydroxyl groups is 2. The van der Waals surface area contributed by atoms with Gasteiger partial charge in [-0.1, -0.05) is 25.6 Å². The van der Waals surface area contributed by atoms with Crippen molar-refractivity contribution in [1.82, 2.24) is 40.8 Å². The third kappa shape index (κ3) is 17.9. The highest BCUT2D eigenvalue weighted by Crippen LogP contribution is 2.61. The second-order valence-electron chi connectivity index (χ2n) is 15.4. The average Bonchev–Trinajstić information content (AvgIpc) is 3.81. The highest BCUT2D eigenvalue weighted by Gasteiger charge is 2.50. The standard InChI is InChI=1S/C34H48I2N9O20P3S/c1-16(46)44-20(10-17-8-18(35)25(49)19(36)9-17)31(52)40-11-23(48)69-7-6-38-22(47)4-5-39-32(53)28(51)34(2,3)13-62-68(59,60)65-67(57,58)61-12-21-27(64-66(54,55)56)26(50)33(63-21)45-15-43-24-29(37)41-14-42-30(24)45/h8-9,14-15,20-21,26-28,33,49-51H,4-7,10-13H2,1-3H3,(H,38,47)(H,39,53)(H,40,52)(H,44,46)(H,57,58)(H,59,60)(H2,37,41,42)(H2,54,55,56). The highest BCUT2D eigenvalue weighted by molar-refractivity contribution is 14.1. The Balaban J connectivity index is 1.16. The Labute approximate surface area is 422 Å². The van der Waals surface area contributed by atoms with E-state index in [1.165, 1.54) is 20.8 Å². The number of halogens is 2. The third-order valence-electron chi connectivity index (χ3n) is 9.38. The highest BCUT2D eigenvalue weighted by atomic mass is 127. The summed E-state index contributed by atoms with van der Waals surface area (Å²) in [7, 11) is -16.5. The van der Waals surface area contributed by atoms with Crippen molar-refractivity contribution >= 4 is 126 Å². The van der Waals surface area contributed by atoms with Gasteiger partial charge in [-0.3, -0.25) is 42.1 Å². The maximum atomic E-state index is 12.8. The number of nitrogens with one attached hydrogen (secondary N) is 4. The summed E-state index contributed by atoms with van der Waals surface area (Å²) in [6.07, 6.45) is -7.13. The topological polar surface area (TPSA) is 442 Å². The number of phosphoric ester groups is 3. The van der Waals surface area contributed by atoms with E-state index < -0.39 is 108 Å². The molecule has 1 aliphatic heterocycles. The number of hydrogen-bond donors (Lipinski definition) is 12. The molecule has 0 aliphatic carbocycles. The van der Waals surface area contributed by atoms with Gasteiger partial charge in [0.05, 0.1) is 33.2 Å². The number of imidazole rings is 1. The summed E-state index contributed by atoms with van der Waals surface area (Å²) in [5, 5.41) is 41.0. The molecular weight excluding hydrogens is 1230 g/mol. The zero-order valence-electron chi connectivity index (χ0n) is 36.2. The molecule has 1 saturated heterocycles.